The number of unbranched alkanes of at least 4 members (excludes halogenated alkanes) is 42. The van der Waals surface area contributed by atoms with Crippen LogP contribution in [0.3, 0.4) is 0 Å². The van der Waals surface area contributed by atoms with E-state index < -0.39 is 25.7 Å². The van der Waals surface area contributed by atoms with E-state index in [4.69, 9.17) is 28.7 Å². The minimum Gasteiger partial charge on any atom is -0.288 e. The van der Waals surface area contributed by atoms with Crippen LogP contribution in [0, 0.1) is 0 Å². The highest BCUT2D eigenvalue weighted by Crippen LogP contribution is 2.50. The molecule has 0 amide bonds. The van der Waals surface area contributed by atoms with Gasteiger partial charge in [0.25, 0.3) is 0 Å². The summed E-state index contributed by atoms with van der Waals surface area (Å²) in [4.78, 5) is 51.5. The van der Waals surface area contributed by atoms with Crippen molar-refractivity contribution in [2.45, 2.75) is 329 Å². The van der Waals surface area contributed by atoms with Crippen LogP contribution in [0.1, 0.15) is 329 Å². The Morgan fingerprint density at radius 1 is 0.246 bits per heavy atom. The van der Waals surface area contributed by atoms with E-state index in [-0.39, 0.29) is 19.3 Å². The highest BCUT2D eigenvalue weighted by atomic mass is 31.2. The van der Waals surface area contributed by atoms with Crippen LogP contribution in [0.15, 0.2) is 0 Å². The molecule has 0 saturated carbocycles. The molecule has 11 heteroatoms. The van der Waals surface area contributed by atoms with E-state index in [9.17, 15) is 18.9 Å². The van der Waals surface area contributed by atoms with Gasteiger partial charge in [0, 0.05) is 19.3 Å². The summed E-state index contributed by atoms with van der Waals surface area (Å²) in [6.45, 7) is 6.76. The zero-order valence-corrected chi connectivity index (χ0v) is 43.9. The molecule has 0 aliphatic rings. The summed E-state index contributed by atoms with van der Waals surface area (Å²) in [5.74, 6) is -2.33. The van der Waals surface area contributed by atoms with Crippen LogP contribution in [-0.4, -0.2) is 17.9 Å². The van der Waals surface area contributed by atoms with Crippen molar-refractivity contribution in [2.24, 2.45) is 0 Å². The molecule has 0 saturated heterocycles. The van der Waals surface area contributed by atoms with Gasteiger partial charge in [-0.05, 0) is 19.3 Å². The van der Waals surface area contributed by atoms with Crippen LogP contribution in [-0.2, 0) is 47.6 Å². The molecule has 0 aromatic heterocycles. The molecule has 0 N–H and O–H groups in total. The third kappa shape index (κ3) is 50.2. The van der Waals surface area contributed by atoms with Crippen molar-refractivity contribution in [1.29, 1.82) is 0 Å². The predicted molar refractivity (Wildman–Crippen MR) is 268 cm³/mol. The Hall–Kier alpha value is -1.48. The van der Waals surface area contributed by atoms with Gasteiger partial charge < -0.3 is 0 Å². The molecule has 0 radical (unpaired) electrons. The topological polar surface area (TPSA) is 124 Å². The van der Waals surface area contributed by atoms with Crippen LogP contribution in [0.4, 0.5) is 0 Å². The van der Waals surface area contributed by atoms with E-state index in [1.165, 1.54) is 212 Å². The number of phosphoric acid groups is 1. The first-order valence-corrected chi connectivity index (χ1v) is 29.6. The van der Waals surface area contributed by atoms with E-state index in [1.807, 2.05) is 0 Å². The van der Waals surface area contributed by atoms with E-state index in [2.05, 4.69) is 20.8 Å². The lowest BCUT2D eigenvalue weighted by Crippen LogP contribution is -2.12. The fourth-order valence-electron chi connectivity index (χ4n) is 8.35. The van der Waals surface area contributed by atoms with Crippen LogP contribution in [0.5, 0.6) is 0 Å². The Balaban J connectivity index is 4.42. The quantitative estimate of drug-likeness (QED) is 0.0252. The van der Waals surface area contributed by atoms with Gasteiger partial charge in [0.15, 0.2) is 0 Å². The number of hydrogen-bond donors (Lipinski definition) is 0. The molecule has 0 bridgehead atoms. The number of carbonyl (C=O) groups excluding carboxylic acids is 3. The Morgan fingerprint density at radius 3 is 0.538 bits per heavy atom. The molecular weight excluding hydrogens is 840 g/mol. The lowest BCUT2D eigenvalue weighted by atomic mass is 10.0. The summed E-state index contributed by atoms with van der Waals surface area (Å²) in [5.41, 5.74) is 0. The summed E-state index contributed by atoms with van der Waals surface area (Å²) in [6.07, 6.45) is 54.3. The van der Waals surface area contributed by atoms with E-state index in [0.29, 0.717) is 19.3 Å². The Kier molecular flexibility index (Phi) is 50.7. The molecule has 0 unspecified atom stereocenters. The van der Waals surface area contributed by atoms with Gasteiger partial charge in [-0.1, -0.05) is 304 Å². The first-order chi connectivity index (χ1) is 31.9. The standard InChI is InChI=1S/C54H105O10P/c1-4-7-10-13-16-19-22-25-28-31-34-37-40-43-46-49-52(55)59-62-65(58,63-60-53(56)50-47-44-41-38-35-32-29-26-23-20-17-14-11-8-5-2)64-61-54(57)51-48-45-42-39-36-33-30-27-24-21-18-15-12-9-6-3/h4-51H2,1-3H3. The fourth-order valence-corrected chi connectivity index (χ4v) is 8.94. The lowest BCUT2D eigenvalue weighted by molar-refractivity contribution is -0.296. The molecule has 0 aromatic rings. The summed E-state index contributed by atoms with van der Waals surface area (Å²) in [6, 6.07) is 0. The van der Waals surface area contributed by atoms with E-state index in [0.717, 1.165) is 57.8 Å². The van der Waals surface area contributed by atoms with Gasteiger partial charge in [-0.2, -0.15) is 0 Å². The summed E-state index contributed by atoms with van der Waals surface area (Å²) in [5, 5.41) is 0. The second kappa shape index (κ2) is 51.9. The average Bonchev–Trinajstić information content (AvgIpc) is 3.30. The first kappa shape index (κ1) is 63.5. The largest absolute Gasteiger partial charge is 0.584 e. The van der Waals surface area contributed by atoms with Gasteiger partial charge in [-0.25, -0.2) is 18.9 Å². The van der Waals surface area contributed by atoms with Crippen molar-refractivity contribution in [3.05, 3.63) is 0 Å². The summed E-state index contributed by atoms with van der Waals surface area (Å²) in [7, 11) is -4.93. The molecule has 386 valence electrons. The maximum atomic E-state index is 13.3. The Labute approximate surface area is 401 Å². The molecule has 0 rings (SSSR count). The average molecular weight is 945 g/mol. The second-order valence-corrected chi connectivity index (χ2v) is 20.5. The van der Waals surface area contributed by atoms with Crippen LogP contribution in [0.2, 0.25) is 0 Å². The van der Waals surface area contributed by atoms with Gasteiger partial charge in [0.1, 0.15) is 0 Å². The predicted octanol–water partition coefficient (Wildman–Crippen LogP) is 19.3. The molecule has 0 heterocycles. The van der Waals surface area contributed by atoms with Crippen LogP contribution >= 0.6 is 7.82 Å². The third-order valence-corrected chi connectivity index (χ3v) is 13.4. The van der Waals surface area contributed by atoms with Crippen molar-refractivity contribution in [2.75, 3.05) is 0 Å². The van der Waals surface area contributed by atoms with Gasteiger partial charge in [0.05, 0.1) is 0 Å². The highest BCUT2D eigenvalue weighted by Gasteiger charge is 2.37. The zero-order valence-electron chi connectivity index (χ0n) is 43.0. The van der Waals surface area contributed by atoms with Crippen molar-refractivity contribution >= 4 is 25.7 Å². The third-order valence-electron chi connectivity index (χ3n) is 12.6. The van der Waals surface area contributed by atoms with Crippen molar-refractivity contribution in [3.8, 4) is 0 Å². The van der Waals surface area contributed by atoms with E-state index >= 15 is 0 Å². The molecule has 0 aromatic carbocycles. The molecule has 0 atom stereocenters. The van der Waals surface area contributed by atoms with Gasteiger partial charge in [0.2, 0.25) is 0 Å². The molecule has 0 aliphatic heterocycles. The summed E-state index contributed by atoms with van der Waals surface area (Å²) < 4.78 is 27.5. The molecule has 0 aliphatic carbocycles. The van der Waals surface area contributed by atoms with Crippen molar-refractivity contribution in [3.63, 3.8) is 0 Å². The SMILES string of the molecule is CCCCCCCCCCCCCCCCCC(=O)OOP(=O)(OOC(=O)CCCCCCCCCCCCCCCCC)OOC(=O)CCCCCCCCCCCCCCCCC. The maximum absolute atomic E-state index is 13.3. The van der Waals surface area contributed by atoms with Gasteiger partial charge in [-0.3, -0.25) is 14.7 Å². The second-order valence-electron chi connectivity index (χ2n) is 19.1. The lowest BCUT2D eigenvalue weighted by Gasteiger charge is -2.13. The maximum Gasteiger partial charge on any atom is 0.584 e. The Morgan fingerprint density at radius 2 is 0.385 bits per heavy atom. The normalized spacial score (nSPS) is 11.6. The van der Waals surface area contributed by atoms with E-state index in [1.54, 1.807) is 0 Å². The molecule has 0 fully saturated rings. The Bertz CT molecular complexity index is 944. The highest BCUT2D eigenvalue weighted by molar-refractivity contribution is 7.48. The smallest absolute Gasteiger partial charge is 0.288 e. The molecule has 0 spiro atoms. The monoisotopic (exact) mass is 945 g/mol. The number of rotatable bonds is 54. The summed E-state index contributed by atoms with van der Waals surface area (Å²) >= 11 is 0. The van der Waals surface area contributed by atoms with Gasteiger partial charge in [-0.15, -0.1) is 0 Å². The zero-order chi connectivity index (χ0) is 47.4. The molecular formula is C54H105O10P. The number of hydrogen-bond acceptors (Lipinski definition) is 10. The fraction of sp³-hybridized carbons (Fsp3) is 0.944. The first-order valence-electron chi connectivity index (χ1n) is 28.1. The minimum absolute atomic E-state index is 0.0379. The molecule has 10 nitrogen and oxygen atoms in total. The number of carbonyl (C=O) groups is 3. The van der Waals surface area contributed by atoms with Gasteiger partial charge >= 0.3 is 25.7 Å². The van der Waals surface area contributed by atoms with Crippen molar-refractivity contribution in [1.82, 2.24) is 0 Å². The van der Waals surface area contributed by atoms with Crippen molar-refractivity contribution < 1.29 is 47.6 Å². The minimum atomic E-state index is -4.93. The molecule has 65 heavy (non-hydrogen) atoms. The van der Waals surface area contributed by atoms with Crippen LogP contribution in [0.25, 0.3) is 0 Å². The van der Waals surface area contributed by atoms with Crippen LogP contribution < -0.4 is 0 Å².